The molecule has 2 saturated heterocycles. The van der Waals surface area contributed by atoms with Crippen LogP contribution in [0.4, 0.5) is 10.5 Å². The predicted octanol–water partition coefficient (Wildman–Crippen LogP) is 3.50. The molecule has 3 rings (SSSR count). The standard InChI is InChI=1S/C19H29N3O/c1-14-4-5-18(12-15(14)2)20-19(23)22-11-8-17(13-22)16-6-9-21(3)10-7-16/h4-5,12,16-17H,6-11,13H2,1-3H3,(H,20,23)/t17-/m0/s1. The van der Waals surface area contributed by atoms with Gasteiger partial charge in [0.05, 0.1) is 0 Å². The minimum atomic E-state index is 0.0590. The van der Waals surface area contributed by atoms with Crippen LogP contribution in [0.3, 0.4) is 0 Å². The number of piperidine rings is 1. The van der Waals surface area contributed by atoms with E-state index in [0.29, 0.717) is 5.92 Å². The van der Waals surface area contributed by atoms with E-state index in [1.807, 2.05) is 11.0 Å². The maximum atomic E-state index is 12.5. The molecular weight excluding hydrogens is 286 g/mol. The fourth-order valence-corrected chi connectivity index (χ4v) is 3.88. The number of rotatable bonds is 2. The Bertz CT molecular complexity index is 564. The lowest BCUT2D eigenvalue weighted by Crippen LogP contribution is -2.36. The summed E-state index contributed by atoms with van der Waals surface area (Å²) < 4.78 is 0. The first kappa shape index (κ1) is 16.3. The largest absolute Gasteiger partial charge is 0.324 e. The number of carbonyl (C=O) groups is 1. The van der Waals surface area contributed by atoms with Crippen LogP contribution in [0.5, 0.6) is 0 Å². The molecule has 2 fully saturated rings. The summed E-state index contributed by atoms with van der Waals surface area (Å²) in [6.45, 7) is 8.40. The normalized spacial score (nSPS) is 23.3. The number of urea groups is 1. The highest BCUT2D eigenvalue weighted by Gasteiger charge is 2.33. The first-order chi connectivity index (χ1) is 11.0. The number of nitrogens with one attached hydrogen (secondary N) is 1. The molecule has 1 atom stereocenters. The Morgan fingerprint density at radius 3 is 2.43 bits per heavy atom. The SMILES string of the molecule is Cc1ccc(NC(=O)N2CC[C@H](C3CCN(C)CC3)C2)cc1C. The van der Waals surface area contributed by atoms with Crippen molar-refractivity contribution in [3.8, 4) is 0 Å². The molecule has 0 aliphatic carbocycles. The number of benzene rings is 1. The maximum Gasteiger partial charge on any atom is 0.321 e. The molecule has 2 heterocycles. The van der Waals surface area contributed by atoms with Gasteiger partial charge in [-0.1, -0.05) is 6.07 Å². The number of hydrogen-bond acceptors (Lipinski definition) is 2. The Labute approximate surface area is 139 Å². The smallest absolute Gasteiger partial charge is 0.321 e. The number of anilines is 1. The van der Waals surface area contributed by atoms with E-state index in [9.17, 15) is 4.79 Å². The van der Waals surface area contributed by atoms with Gasteiger partial charge in [0.15, 0.2) is 0 Å². The van der Waals surface area contributed by atoms with Crippen LogP contribution in [0, 0.1) is 25.7 Å². The van der Waals surface area contributed by atoms with Crippen molar-refractivity contribution in [2.75, 3.05) is 38.5 Å². The van der Waals surface area contributed by atoms with Gasteiger partial charge in [-0.15, -0.1) is 0 Å². The van der Waals surface area contributed by atoms with Gasteiger partial charge in [0.25, 0.3) is 0 Å². The molecule has 0 aromatic heterocycles. The lowest BCUT2D eigenvalue weighted by atomic mass is 9.84. The van der Waals surface area contributed by atoms with Gasteiger partial charge in [-0.2, -0.15) is 0 Å². The fraction of sp³-hybridized carbons (Fsp3) is 0.632. The van der Waals surface area contributed by atoms with Crippen molar-refractivity contribution < 1.29 is 4.79 Å². The summed E-state index contributed by atoms with van der Waals surface area (Å²) in [7, 11) is 2.20. The molecule has 0 radical (unpaired) electrons. The molecule has 0 spiro atoms. The van der Waals surface area contributed by atoms with Gasteiger partial charge in [-0.3, -0.25) is 0 Å². The Hall–Kier alpha value is -1.55. The zero-order chi connectivity index (χ0) is 16.4. The lowest BCUT2D eigenvalue weighted by Gasteiger charge is -2.32. The highest BCUT2D eigenvalue weighted by atomic mass is 16.2. The van der Waals surface area contributed by atoms with Gasteiger partial charge in [0, 0.05) is 18.8 Å². The van der Waals surface area contributed by atoms with Crippen LogP contribution in [0.2, 0.25) is 0 Å². The van der Waals surface area contributed by atoms with Crippen LogP contribution >= 0.6 is 0 Å². The number of amides is 2. The summed E-state index contributed by atoms with van der Waals surface area (Å²) >= 11 is 0. The van der Waals surface area contributed by atoms with Crippen LogP contribution in [-0.2, 0) is 0 Å². The Balaban J connectivity index is 1.54. The molecule has 4 heteroatoms. The van der Waals surface area contributed by atoms with E-state index >= 15 is 0 Å². The summed E-state index contributed by atoms with van der Waals surface area (Å²) in [5, 5.41) is 3.06. The van der Waals surface area contributed by atoms with E-state index in [2.05, 4.69) is 43.2 Å². The third kappa shape index (κ3) is 3.86. The third-order valence-corrected chi connectivity index (χ3v) is 5.70. The summed E-state index contributed by atoms with van der Waals surface area (Å²) in [6.07, 6.45) is 3.73. The maximum absolute atomic E-state index is 12.5. The zero-order valence-corrected chi connectivity index (χ0v) is 14.6. The minimum absolute atomic E-state index is 0.0590. The fourth-order valence-electron chi connectivity index (χ4n) is 3.88. The van der Waals surface area contributed by atoms with E-state index in [1.54, 1.807) is 0 Å². The topological polar surface area (TPSA) is 35.6 Å². The molecule has 1 aromatic carbocycles. The summed E-state index contributed by atoms with van der Waals surface area (Å²) in [5.74, 6) is 1.49. The monoisotopic (exact) mass is 315 g/mol. The number of hydrogen-bond donors (Lipinski definition) is 1. The second kappa shape index (κ2) is 6.91. The van der Waals surface area contributed by atoms with Gasteiger partial charge in [0.2, 0.25) is 0 Å². The molecule has 2 aliphatic rings. The van der Waals surface area contributed by atoms with Crippen LogP contribution in [0.15, 0.2) is 18.2 Å². The van der Waals surface area contributed by atoms with Crippen LogP contribution in [0.25, 0.3) is 0 Å². The first-order valence-electron chi connectivity index (χ1n) is 8.84. The van der Waals surface area contributed by atoms with E-state index < -0.39 is 0 Å². The van der Waals surface area contributed by atoms with Gasteiger partial charge in [-0.05, 0) is 88.3 Å². The molecule has 0 unspecified atom stereocenters. The van der Waals surface area contributed by atoms with Gasteiger partial charge >= 0.3 is 6.03 Å². The average Bonchev–Trinajstić information content (AvgIpc) is 3.02. The van der Waals surface area contributed by atoms with Crippen LogP contribution in [-0.4, -0.2) is 49.1 Å². The van der Waals surface area contributed by atoms with Crippen molar-refractivity contribution in [1.29, 1.82) is 0 Å². The van der Waals surface area contributed by atoms with Crippen molar-refractivity contribution >= 4 is 11.7 Å². The highest BCUT2D eigenvalue weighted by Crippen LogP contribution is 2.31. The summed E-state index contributed by atoms with van der Waals surface area (Å²) in [6, 6.07) is 6.17. The summed E-state index contributed by atoms with van der Waals surface area (Å²) in [4.78, 5) is 16.9. The molecule has 4 nitrogen and oxygen atoms in total. The van der Waals surface area contributed by atoms with E-state index in [0.717, 1.165) is 31.1 Å². The van der Waals surface area contributed by atoms with E-state index in [4.69, 9.17) is 0 Å². The van der Waals surface area contributed by atoms with Gasteiger partial charge in [-0.25, -0.2) is 4.79 Å². The quantitative estimate of drug-likeness (QED) is 0.906. The van der Waals surface area contributed by atoms with Crippen LogP contribution < -0.4 is 5.32 Å². The highest BCUT2D eigenvalue weighted by molar-refractivity contribution is 5.89. The molecule has 0 bridgehead atoms. The molecule has 0 saturated carbocycles. The summed E-state index contributed by atoms with van der Waals surface area (Å²) in [5.41, 5.74) is 3.38. The zero-order valence-electron chi connectivity index (χ0n) is 14.6. The predicted molar refractivity (Wildman–Crippen MR) is 94.8 cm³/mol. The average molecular weight is 315 g/mol. The van der Waals surface area contributed by atoms with E-state index in [1.165, 1.54) is 37.1 Å². The first-order valence-corrected chi connectivity index (χ1v) is 8.84. The molecular formula is C19H29N3O. The lowest BCUT2D eigenvalue weighted by molar-refractivity contribution is 0.170. The third-order valence-electron chi connectivity index (χ3n) is 5.70. The number of nitrogens with zero attached hydrogens (tertiary/aromatic N) is 2. The molecule has 1 aromatic rings. The molecule has 2 amide bonds. The molecule has 1 N–H and O–H groups in total. The number of carbonyl (C=O) groups excluding carboxylic acids is 1. The Kier molecular flexibility index (Phi) is 4.90. The second-order valence-corrected chi connectivity index (χ2v) is 7.36. The van der Waals surface area contributed by atoms with Crippen molar-refractivity contribution in [2.45, 2.75) is 33.1 Å². The van der Waals surface area contributed by atoms with Gasteiger partial charge in [0.1, 0.15) is 0 Å². The van der Waals surface area contributed by atoms with Gasteiger partial charge < -0.3 is 15.1 Å². The van der Waals surface area contributed by atoms with Crippen molar-refractivity contribution in [2.24, 2.45) is 11.8 Å². The number of aryl methyl sites for hydroxylation is 2. The van der Waals surface area contributed by atoms with Crippen molar-refractivity contribution in [3.05, 3.63) is 29.3 Å². The minimum Gasteiger partial charge on any atom is -0.324 e. The number of likely N-dealkylation sites (tertiary alicyclic amines) is 2. The molecule has 23 heavy (non-hydrogen) atoms. The Morgan fingerprint density at radius 1 is 1.04 bits per heavy atom. The van der Waals surface area contributed by atoms with Crippen LogP contribution in [0.1, 0.15) is 30.4 Å². The molecule has 2 aliphatic heterocycles. The van der Waals surface area contributed by atoms with Crippen molar-refractivity contribution in [1.82, 2.24) is 9.80 Å². The molecule has 126 valence electrons. The second-order valence-electron chi connectivity index (χ2n) is 7.36. The van der Waals surface area contributed by atoms with Crippen molar-refractivity contribution in [3.63, 3.8) is 0 Å². The Morgan fingerprint density at radius 2 is 1.74 bits per heavy atom. The van der Waals surface area contributed by atoms with E-state index in [-0.39, 0.29) is 6.03 Å².